The number of rotatable bonds is 9. The Balaban J connectivity index is 1.87. The summed E-state index contributed by atoms with van der Waals surface area (Å²) >= 11 is 1.25. The van der Waals surface area contributed by atoms with E-state index in [0.717, 1.165) is 5.69 Å². The molecule has 0 fully saturated rings. The van der Waals surface area contributed by atoms with Crippen LogP contribution in [0.15, 0.2) is 59.8 Å². The van der Waals surface area contributed by atoms with Gasteiger partial charge in [0.15, 0.2) is 11.0 Å². The van der Waals surface area contributed by atoms with Crippen molar-refractivity contribution in [3.63, 3.8) is 0 Å². The SMILES string of the molecule is CCOC(=O)C(C)(C)Sc1nnc(COc2ccc([N+](=O)[O-])cc2)n1-c1ccccc1. The smallest absolute Gasteiger partial charge is 0.322 e. The Bertz CT molecular complexity index is 1050. The summed E-state index contributed by atoms with van der Waals surface area (Å²) in [7, 11) is 0. The van der Waals surface area contributed by atoms with Gasteiger partial charge in [0.1, 0.15) is 17.1 Å². The van der Waals surface area contributed by atoms with Crippen molar-refractivity contribution in [3.05, 3.63) is 70.5 Å². The van der Waals surface area contributed by atoms with Gasteiger partial charge in [0.25, 0.3) is 5.69 Å². The fourth-order valence-electron chi connectivity index (χ4n) is 2.68. The van der Waals surface area contributed by atoms with Crippen LogP contribution < -0.4 is 4.74 Å². The molecule has 3 aromatic rings. The van der Waals surface area contributed by atoms with Crippen LogP contribution in [0.2, 0.25) is 0 Å². The Morgan fingerprint density at radius 2 is 1.81 bits per heavy atom. The minimum Gasteiger partial charge on any atom is -0.486 e. The van der Waals surface area contributed by atoms with E-state index < -0.39 is 9.67 Å². The number of carbonyl (C=O) groups is 1. The van der Waals surface area contributed by atoms with Gasteiger partial charge in [-0.1, -0.05) is 30.0 Å². The molecule has 1 aromatic heterocycles. The van der Waals surface area contributed by atoms with Gasteiger partial charge in [-0.25, -0.2) is 0 Å². The number of aromatic nitrogens is 3. The van der Waals surface area contributed by atoms with E-state index in [1.807, 2.05) is 34.9 Å². The molecule has 0 N–H and O–H groups in total. The fraction of sp³-hybridized carbons (Fsp3) is 0.286. The van der Waals surface area contributed by atoms with Gasteiger partial charge in [-0.15, -0.1) is 10.2 Å². The molecule has 31 heavy (non-hydrogen) atoms. The Morgan fingerprint density at radius 1 is 1.13 bits per heavy atom. The van der Waals surface area contributed by atoms with Gasteiger partial charge in [-0.05, 0) is 45.0 Å². The topological polar surface area (TPSA) is 109 Å². The third kappa shape index (κ3) is 5.40. The number of ether oxygens (including phenoxy) is 2. The molecule has 0 atom stereocenters. The first-order valence-electron chi connectivity index (χ1n) is 9.55. The first kappa shape index (κ1) is 22.3. The number of hydrogen-bond acceptors (Lipinski definition) is 8. The van der Waals surface area contributed by atoms with E-state index in [2.05, 4.69) is 10.2 Å². The lowest BCUT2D eigenvalue weighted by atomic mass is 10.2. The molecule has 0 saturated carbocycles. The molecule has 0 radical (unpaired) electrons. The van der Waals surface area contributed by atoms with Crippen LogP contribution in [0.3, 0.4) is 0 Å². The van der Waals surface area contributed by atoms with Gasteiger partial charge in [0.2, 0.25) is 0 Å². The maximum absolute atomic E-state index is 12.3. The Labute approximate surface area is 183 Å². The van der Waals surface area contributed by atoms with E-state index in [0.29, 0.717) is 23.3 Å². The zero-order valence-electron chi connectivity index (χ0n) is 17.3. The summed E-state index contributed by atoms with van der Waals surface area (Å²) in [6.45, 7) is 5.68. The maximum Gasteiger partial charge on any atom is 0.322 e. The quantitative estimate of drug-likeness (QED) is 0.210. The third-order valence-electron chi connectivity index (χ3n) is 4.24. The highest BCUT2D eigenvalue weighted by molar-refractivity contribution is 8.01. The van der Waals surface area contributed by atoms with Crippen LogP contribution in [0.25, 0.3) is 5.69 Å². The van der Waals surface area contributed by atoms with E-state index in [4.69, 9.17) is 9.47 Å². The van der Waals surface area contributed by atoms with Crippen molar-refractivity contribution in [2.75, 3.05) is 6.61 Å². The number of benzene rings is 2. The highest BCUT2D eigenvalue weighted by Crippen LogP contribution is 2.34. The number of thioether (sulfide) groups is 1. The largest absolute Gasteiger partial charge is 0.486 e. The van der Waals surface area contributed by atoms with E-state index >= 15 is 0 Å². The maximum atomic E-state index is 12.3. The van der Waals surface area contributed by atoms with Gasteiger partial charge in [0, 0.05) is 17.8 Å². The van der Waals surface area contributed by atoms with Gasteiger partial charge in [-0.3, -0.25) is 19.5 Å². The molecule has 0 bridgehead atoms. The lowest BCUT2D eigenvalue weighted by Crippen LogP contribution is -2.30. The second kappa shape index (κ2) is 9.61. The third-order valence-corrected chi connectivity index (χ3v) is 5.37. The summed E-state index contributed by atoms with van der Waals surface area (Å²) in [5.74, 6) is 0.646. The predicted octanol–water partition coefficient (Wildman–Crippen LogP) is 4.19. The molecule has 162 valence electrons. The molecule has 2 aromatic carbocycles. The fourth-order valence-corrected chi connectivity index (χ4v) is 3.67. The summed E-state index contributed by atoms with van der Waals surface area (Å²) in [5.41, 5.74) is 0.802. The summed E-state index contributed by atoms with van der Waals surface area (Å²) in [4.78, 5) is 22.7. The van der Waals surface area contributed by atoms with Crippen molar-refractivity contribution in [2.45, 2.75) is 37.3 Å². The number of hydrogen-bond donors (Lipinski definition) is 0. The van der Waals surface area contributed by atoms with E-state index in [-0.39, 0.29) is 18.3 Å². The predicted molar refractivity (Wildman–Crippen MR) is 115 cm³/mol. The first-order chi connectivity index (χ1) is 14.8. The molecule has 3 rings (SSSR count). The molecule has 0 amide bonds. The summed E-state index contributed by atoms with van der Waals surface area (Å²) in [6.07, 6.45) is 0. The Hall–Kier alpha value is -3.40. The van der Waals surface area contributed by atoms with Crippen LogP contribution in [0, 0.1) is 10.1 Å². The lowest BCUT2D eigenvalue weighted by Gasteiger charge is -2.21. The van der Waals surface area contributed by atoms with E-state index in [1.165, 1.54) is 36.0 Å². The molecule has 0 saturated heterocycles. The van der Waals surface area contributed by atoms with Crippen LogP contribution in [0.5, 0.6) is 5.75 Å². The number of non-ortho nitro benzene ring substituents is 1. The second-order valence-electron chi connectivity index (χ2n) is 6.94. The van der Waals surface area contributed by atoms with E-state index in [9.17, 15) is 14.9 Å². The lowest BCUT2D eigenvalue weighted by molar-refractivity contribution is -0.384. The van der Waals surface area contributed by atoms with Crippen LogP contribution in [0.1, 0.15) is 26.6 Å². The van der Waals surface area contributed by atoms with Crippen molar-refractivity contribution in [1.29, 1.82) is 0 Å². The molecule has 0 aliphatic carbocycles. The second-order valence-corrected chi connectivity index (χ2v) is 8.53. The number of esters is 1. The minimum absolute atomic E-state index is 0.0142. The monoisotopic (exact) mass is 442 g/mol. The van der Waals surface area contributed by atoms with Crippen LogP contribution >= 0.6 is 11.8 Å². The van der Waals surface area contributed by atoms with Crippen molar-refractivity contribution in [2.24, 2.45) is 0 Å². The molecule has 10 heteroatoms. The zero-order valence-corrected chi connectivity index (χ0v) is 18.2. The number of nitrogens with zero attached hydrogens (tertiary/aromatic N) is 4. The van der Waals surface area contributed by atoms with Crippen molar-refractivity contribution < 1.29 is 19.2 Å². The van der Waals surface area contributed by atoms with Crippen molar-refractivity contribution in [1.82, 2.24) is 14.8 Å². The molecule has 0 unspecified atom stereocenters. The van der Waals surface area contributed by atoms with Crippen LogP contribution in [0.4, 0.5) is 5.69 Å². The molecular weight excluding hydrogens is 420 g/mol. The number of nitro benzene ring substituents is 1. The molecule has 0 aliphatic rings. The standard InChI is InChI=1S/C21H22N4O5S/c1-4-29-19(26)21(2,3)31-20-23-22-18(24(20)15-8-6-5-7-9-15)14-30-17-12-10-16(11-13-17)25(27)28/h5-13H,4,14H2,1-3H3. The van der Waals surface area contributed by atoms with Crippen LogP contribution in [-0.2, 0) is 16.1 Å². The molecule has 0 aliphatic heterocycles. The first-order valence-corrected chi connectivity index (χ1v) is 10.4. The van der Waals surface area contributed by atoms with E-state index in [1.54, 1.807) is 20.8 Å². The molecular formula is C21H22N4O5S. The van der Waals surface area contributed by atoms with Crippen molar-refractivity contribution in [3.8, 4) is 11.4 Å². The van der Waals surface area contributed by atoms with Gasteiger partial charge >= 0.3 is 5.97 Å². The van der Waals surface area contributed by atoms with Crippen LogP contribution in [-0.4, -0.2) is 37.0 Å². The summed E-state index contributed by atoms with van der Waals surface area (Å²) in [6, 6.07) is 15.3. The van der Waals surface area contributed by atoms with Gasteiger partial charge in [-0.2, -0.15) is 0 Å². The zero-order chi connectivity index (χ0) is 22.4. The normalized spacial score (nSPS) is 11.2. The van der Waals surface area contributed by atoms with Gasteiger partial charge in [0.05, 0.1) is 11.5 Å². The Morgan fingerprint density at radius 3 is 2.42 bits per heavy atom. The molecule has 0 spiro atoms. The summed E-state index contributed by atoms with van der Waals surface area (Å²) < 4.78 is 11.9. The highest BCUT2D eigenvalue weighted by atomic mass is 32.2. The Kier molecular flexibility index (Phi) is 6.91. The summed E-state index contributed by atoms with van der Waals surface area (Å²) in [5, 5.41) is 19.8. The van der Waals surface area contributed by atoms with Gasteiger partial charge < -0.3 is 9.47 Å². The minimum atomic E-state index is -0.869. The van der Waals surface area contributed by atoms with Crippen molar-refractivity contribution >= 4 is 23.4 Å². The molecule has 9 nitrogen and oxygen atoms in total. The number of para-hydroxylation sites is 1. The number of carbonyl (C=O) groups excluding carboxylic acids is 1. The number of nitro groups is 1. The average molecular weight is 442 g/mol. The highest BCUT2D eigenvalue weighted by Gasteiger charge is 2.33. The average Bonchev–Trinajstić information content (AvgIpc) is 3.15. The molecule has 1 heterocycles.